The van der Waals surface area contributed by atoms with Gasteiger partial charge in [-0.25, -0.2) is 8.42 Å². The summed E-state index contributed by atoms with van der Waals surface area (Å²) < 4.78 is 23.0. The maximum absolute atomic E-state index is 12.3. The molecule has 1 unspecified atom stereocenters. The molecule has 0 aliphatic carbocycles. The first-order valence-corrected chi connectivity index (χ1v) is 10.7. The van der Waals surface area contributed by atoms with E-state index < -0.39 is 9.84 Å². The summed E-state index contributed by atoms with van der Waals surface area (Å²) >= 11 is 0. The fourth-order valence-corrected chi connectivity index (χ4v) is 3.32. The molecule has 0 heterocycles. The standard InChI is InChI=1S/C21H25NO4S/c1-14-5-6-18(13-15(14)2)20(23)11-12-21(24)22-16(3)17-7-9-19(10-8-17)27(4,25)26/h5-10,13,16H,11-12H2,1-4H3,(H,22,24). The zero-order valence-electron chi connectivity index (χ0n) is 16.1. The normalized spacial score (nSPS) is 12.4. The highest BCUT2D eigenvalue weighted by Gasteiger charge is 2.14. The molecule has 0 aliphatic rings. The number of carbonyl (C=O) groups excluding carboxylic acids is 2. The lowest BCUT2D eigenvalue weighted by Crippen LogP contribution is -2.27. The Morgan fingerprint density at radius 2 is 1.59 bits per heavy atom. The number of carbonyl (C=O) groups is 2. The summed E-state index contributed by atoms with van der Waals surface area (Å²) in [7, 11) is -3.24. The minimum absolute atomic E-state index is 0.0570. The zero-order valence-corrected chi connectivity index (χ0v) is 16.9. The lowest BCUT2D eigenvalue weighted by atomic mass is 10.0. The third kappa shape index (κ3) is 5.76. The van der Waals surface area contributed by atoms with Crippen LogP contribution in [0.25, 0.3) is 0 Å². The molecule has 1 atom stereocenters. The lowest BCUT2D eigenvalue weighted by Gasteiger charge is -2.14. The van der Waals surface area contributed by atoms with Crippen molar-refractivity contribution in [3.8, 4) is 0 Å². The van der Waals surface area contributed by atoms with Crippen LogP contribution in [0.4, 0.5) is 0 Å². The Hall–Kier alpha value is -2.47. The van der Waals surface area contributed by atoms with Crippen molar-refractivity contribution in [3.63, 3.8) is 0 Å². The zero-order chi connectivity index (χ0) is 20.2. The van der Waals surface area contributed by atoms with Gasteiger partial charge >= 0.3 is 0 Å². The van der Waals surface area contributed by atoms with Crippen LogP contribution in [0.5, 0.6) is 0 Å². The molecule has 1 amide bonds. The highest BCUT2D eigenvalue weighted by atomic mass is 32.2. The third-order valence-electron chi connectivity index (χ3n) is 4.59. The van der Waals surface area contributed by atoms with Crippen LogP contribution in [0, 0.1) is 13.8 Å². The number of Topliss-reactive ketones (excluding diaryl/α,β-unsaturated/α-hetero) is 1. The van der Waals surface area contributed by atoms with Gasteiger partial charge in [0.15, 0.2) is 15.6 Å². The Labute approximate surface area is 160 Å². The molecule has 0 saturated heterocycles. The maximum Gasteiger partial charge on any atom is 0.220 e. The van der Waals surface area contributed by atoms with Gasteiger partial charge in [-0.1, -0.05) is 24.3 Å². The Morgan fingerprint density at radius 1 is 0.963 bits per heavy atom. The van der Waals surface area contributed by atoms with Gasteiger partial charge < -0.3 is 5.32 Å². The second-order valence-corrected chi connectivity index (χ2v) is 8.87. The summed E-state index contributed by atoms with van der Waals surface area (Å²) in [5, 5.41) is 2.84. The SMILES string of the molecule is Cc1ccc(C(=O)CCC(=O)NC(C)c2ccc(S(C)(=O)=O)cc2)cc1C. The molecule has 0 saturated carbocycles. The van der Waals surface area contributed by atoms with Gasteiger partial charge in [0.1, 0.15) is 0 Å². The molecule has 0 fully saturated rings. The van der Waals surface area contributed by atoms with Crippen LogP contribution in [-0.4, -0.2) is 26.4 Å². The van der Waals surface area contributed by atoms with Gasteiger partial charge in [0.2, 0.25) is 5.91 Å². The number of hydrogen-bond acceptors (Lipinski definition) is 4. The minimum atomic E-state index is -3.24. The van der Waals surface area contributed by atoms with E-state index in [1.807, 2.05) is 32.9 Å². The fourth-order valence-electron chi connectivity index (χ4n) is 2.69. The molecule has 144 valence electrons. The molecular formula is C21H25NO4S. The Morgan fingerprint density at radius 3 is 2.15 bits per heavy atom. The molecule has 1 N–H and O–H groups in total. The van der Waals surface area contributed by atoms with Crippen LogP contribution in [-0.2, 0) is 14.6 Å². The predicted octanol–water partition coefficient (Wildman–Crippen LogP) is 3.55. The number of ketones is 1. The van der Waals surface area contributed by atoms with Crippen LogP contribution < -0.4 is 5.32 Å². The first-order chi connectivity index (χ1) is 12.6. The summed E-state index contributed by atoms with van der Waals surface area (Å²) in [5.41, 5.74) is 3.60. The Kier molecular flexibility index (Phi) is 6.54. The van der Waals surface area contributed by atoms with Crippen molar-refractivity contribution in [2.45, 2.75) is 44.6 Å². The van der Waals surface area contributed by atoms with Crippen LogP contribution in [0.1, 0.15) is 52.9 Å². The number of rotatable bonds is 7. The molecule has 2 aromatic rings. The van der Waals surface area contributed by atoms with Crippen molar-refractivity contribution in [3.05, 3.63) is 64.7 Å². The molecule has 2 aromatic carbocycles. The lowest BCUT2D eigenvalue weighted by molar-refractivity contribution is -0.121. The number of aryl methyl sites for hydroxylation is 2. The highest BCUT2D eigenvalue weighted by Crippen LogP contribution is 2.17. The molecule has 0 aromatic heterocycles. The molecule has 0 bridgehead atoms. The van der Waals surface area contributed by atoms with Crippen molar-refractivity contribution in [2.75, 3.05) is 6.26 Å². The van der Waals surface area contributed by atoms with Gasteiger partial charge in [0.25, 0.3) is 0 Å². The van der Waals surface area contributed by atoms with E-state index in [4.69, 9.17) is 0 Å². The van der Waals surface area contributed by atoms with Crippen LogP contribution in [0.2, 0.25) is 0 Å². The van der Waals surface area contributed by atoms with Crippen LogP contribution in [0.3, 0.4) is 0 Å². The topological polar surface area (TPSA) is 80.3 Å². The largest absolute Gasteiger partial charge is 0.350 e. The van der Waals surface area contributed by atoms with Gasteiger partial charge in [-0.3, -0.25) is 9.59 Å². The van der Waals surface area contributed by atoms with Crippen LogP contribution in [0.15, 0.2) is 47.4 Å². The Bertz CT molecular complexity index is 947. The summed E-state index contributed by atoms with van der Waals surface area (Å²) in [5.74, 6) is -0.273. The van der Waals surface area contributed by atoms with Gasteiger partial charge in [0.05, 0.1) is 10.9 Å². The average Bonchev–Trinajstić information content (AvgIpc) is 2.61. The minimum Gasteiger partial charge on any atom is -0.350 e. The van der Waals surface area contributed by atoms with E-state index >= 15 is 0 Å². The summed E-state index contributed by atoms with van der Waals surface area (Å²) in [6.45, 7) is 5.76. The summed E-state index contributed by atoms with van der Waals surface area (Å²) in [6, 6.07) is 11.7. The number of sulfone groups is 1. The molecule has 0 aliphatic heterocycles. The van der Waals surface area contributed by atoms with Crippen molar-refractivity contribution in [2.24, 2.45) is 0 Å². The quantitative estimate of drug-likeness (QED) is 0.737. The first kappa shape index (κ1) is 20.8. The Balaban J connectivity index is 1.91. The van der Waals surface area contributed by atoms with Gasteiger partial charge in [-0.15, -0.1) is 0 Å². The van der Waals surface area contributed by atoms with E-state index in [-0.39, 0.29) is 35.5 Å². The number of nitrogens with one attached hydrogen (secondary N) is 1. The third-order valence-corrected chi connectivity index (χ3v) is 5.72. The van der Waals surface area contributed by atoms with Gasteiger partial charge in [-0.05, 0) is 55.7 Å². The first-order valence-electron chi connectivity index (χ1n) is 8.78. The van der Waals surface area contributed by atoms with E-state index in [2.05, 4.69) is 5.32 Å². The highest BCUT2D eigenvalue weighted by molar-refractivity contribution is 7.90. The van der Waals surface area contributed by atoms with Crippen molar-refractivity contribution >= 4 is 21.5 Å². The van der Waals surface area contributed by atoms with Crippen molar-refractivity contribution < 1.29 is 18.0 Å². The number of benzene rings is 2. The fraction of sp³-hybridized carbons (Fsp3) is 0.333. The van der Waals surface area contributed by atoms with E-state index in [9.17, 15) is 18.0 Å². The second-order valence-electron chi connectivity index (χ2n) is 6.85. The van der Waals surface area contributed by atoms with E-state index in [1.165, 1.54) is 12.1 Å². The van der Waals surface area contributed by atoms with E-state index in [0.717, 1.165) is 22.9 Å². The summed E-state index contributed by atoms with van der Waals surface area (Å²) in [4.78, 5) is 24.7. The van der Waals surface area contributed by atoms with Crippen molar-refractivity contribution in [1.29, 1.82) is 0 Å². The average molecular weight is 388 g/mol. The molecule has 27 heavy (non-hydrogen) atoms. The maximum atomic E-state index is 12.3. The van der Waals surface area contributed by atoms with Gasteiger partial charge in [0, 0.05) is 24.7 Å². The molecule has 0 spiro atoms. The molecule has 2 rings (SSSR count). The van der Waals surface area contributed by atoms with Crippen molar-refractivity contribution in [1.82, 2.24) is 5.32 Å². The summed E-state index contributed by atoms with van der Waals surface area (Å²) in [6.07, 6.45) is 1.41. The molecule has 6 heteroatoms. The van der Waals surface area contributed by atoms with E-state index in [1.54, 1.807) is 18.2 Å². The molecule has 0 radical (unpaired) electrons. The number of amides is 1. The second kappa shape index (κ2) is 8.48. The smallest absolute Gasteiger partial charge is 0.220 e. The molecular weight excluding hydrogens is 362 g/mol. The molecule has 5 nitrogen and oxygen atoms in total. The van der Waals surface area contributed by atoms with Crippen LogP contribution >= 0.6 is 0 Å². The predicted molar refractivity (Wildman–Crippen MR) is 106 cm³/mol. The van der Waals surface area contributed by atoms with Gasteiger partial charge in [-0.2, -0.15) is 0 Å². The van der Waals surface area contributed by atoms with E-state index in [0.29, 0.717) is 5.56 Å². The number of hydrogen-bond donors (Lipinski definition) is 1. The monoisotopic (exact) mass is 387 g/mol.